The lowest BCUT2D eigenvalue weighted by Gasteiger charge is -2.34. The minimum Gasteiger partial charge on any atom is -0.354 e. The van der Waals surface area contributed by atoms with Gasteiger partial charge in [-0.25, -0.2) is 8.42 Å². The lowest BCUT2D eigenvalue weighted by molar-refractivity contribution is -0.140. The van der Waals surface area contributed by atoms with Crippen LogP contribution < -0.4 is 9.62 Å². The van der Waals surface area contributed by atoms with Gasteiger partial charge in [0.05, 0.1) is 10.6 Å². The highest BCUT2D eigenvalue weighted by Crippen LogP contribution is 2.26. The van der Waals surface area contributed by atoms with Gasteiger partial charge in [0.15, 0.2) is 0 Å². The molecule has 4 aromatic carbocycles. The van der Waals surface area contributed by atoms with Crippen molar-refractivity contribution >= 4 is 27.5 Å². The van der Waals surface area contributed by atoms with E-state index >= 15 is 0 Å². The fraction of sp³-hybridized carbons (Fsp3) is 0.257. The molecule has 0 aliphatic rings. The molecule has 0 spiro atoms. The van der Waals surface area contributed by atoms with Crippen LogP contribution in [0.2, 0.25) is 0 Å². The minimum atomic E-state index is -4.11. The number of nitrogens with one attached hydrogen (secondary N) is 1. The molecule has 0 saturated carbocycles. The molecule has 0 heterocycles. The third-order valence-electron chi connectivity index (χ3n) is 7.05. The van der Waals surface area contributed by atoms with Crippen LogP contribution in [-0.2, 0) is 32.6 Å². The van der Waals surface area contributed by atoms with E-state index in [4.69, 9.17) is 0 Å². The quantitative estimate of drug-likeness (QED) is 0.217. The van der Waals surface area contributed by atoms with Crippen LogP contribution in [0.1, 0.15) is 30.5 Å². The van der Waals surface area contributed by atoms with Crippen molar-refractivity contribution in [1.29, 1.82) is 0 Å². The van der Waals surface area contributed by atoms with Gasteiger partial charge in [-0.1, -0.05) is 105 Å². The third kappa shape index (κ3) is 8.55. The number of amides is 2. The first-order valence-electron chi connectivity index (χ1n) is 14.4. The monoisotopic (exact) mass is 597 g/mol. The van der Waals surface area contributed by atoms with E-state index in [1.54, 1.807) is 36.4 Å². The van der Waals surface area contributed by atoms with Crippen LogP contribution in [0.3, 0.4) is 0 Å². The number of nitrogens with zero attached hydrogens (tertiary/aromatic N) is 2. The molecule has 4 rings (SSSR count). The van der Waals surface area contributed by atoms with Crippen molar-refractivity contribution in [3.05, 3.63) is 132 Å². The van der Waals surface area contributed by atoms with E-state index in [1.165, 1.54) is 17.0 Å². The van der Waals surface area contributed by atoms with Crippen LogP contribution in [0.25, 0.3) is 0 Å². The molecule has 0 aliphatic heterocycles. The Morgan fingerprint density at radius 3 is 1.93 bits per heavy atom. The number of anilines is 1. The summed E-state index contributed by atoms with van der Waals surface area (Å²) >= 11 is 0. The Hall–Kier alpha value is -4.43. The molecular weight excluding hydrogens is 558 g/mol. The molecule has 0 radical (unpaired) electrons. The average Bonchev–Trinajstić information content (AvgIpc) is 3.01. The number of hydrogen-bond acceptors (Lipinski definition) is 4. The second-order valence-electron chi connectivity index (χ2n) is 11.0. The summed E-state index contributed by atoms with van der Waals surface area (Å²) < 4.78 is 29.2. The maximum absolute atomic E-state index is 14.4. The van der Waals surface area contributed by atoms with E-state index in [2.05, 4.69) is 5.32 Å². The summed E-state index contributed by atoms with van der Waals surface area (Å²) in [6, 6.07) is 33.2. The molecule has 1 atom stereocenters. The Kier molecular flexibility index (Phi) is 10.7. The second kappa shape index (κ2) is 14.6. The molecule has 0 saturated heterocycles. The summed E-state index contributed by atoms with van der Waals surface area (Å²) in [5, 5.41) is 3.01. The number of rotatable bonds is 13. The van der Waals surface area contributed by atoms with Gasteiger partial charge in [0.2, 0.25) is 11.8 Å². The summed E-state index contributed by atoms with van der Waals surface area (Å²) in [7, 11) is -4.11. The molecule has 2 amide bonds. The van der Waals surface area contributed by atoms with E-state index in [1.807, 2.05) is 87.5 Å². The number of carbonyl (C=O) groups excluding carboxylic acids is 2. The first kappa shape index (κ1) is 31.5. The maximum Gasteiger partial charge on any atom is 0.264 e. The number of hydrogen-bond donors (Lipinski definition) is 1. The van der Waals surface area contributed by atoms with Crippen LogP contribution in [0.15, 0.2) is 120 Å². The lowest BCUT2D eigenvalue weighted by atomic mass is 10.0. The normalized spacial score (nSPS) is 12.0. The van der Waals surface area contributed by atoms with Gasteiger partial charge < -0.3 is 10.2 Å². The van der Waals surface area contributed by atoms with Crippen LogP contribution in [-0.4, -0.2) is 44.3 Å². The number of aryl methyl sites for hydroxylation is 1. The molecule has 4 aromatic rings. The SMILES string of the molecule is Cc1cccc(N(CC(=O)N(Cc2ccccc2)[C@@H](Cc2ccccc2)C(=O)NCC(C)C)S(=O)(=O)c2ccccc2)c1. The van der Waals surface area contributed by atoms with Crippen molar-refractivity contribution in [3.8, 4) is 0 Å². The molecule has 0 bridgehead atoms. The first-order valence-corrected chi connectivity index (χ1v) is 15.9. The van der Waals surface area contributed by atoms with Crippen molar-refractivity contribution in [2.75, 3.05) is 17.4 Å². The number of benzene rings is 4. The van der Waals surface area contributed by atoms with Gasteiger partial charge in [-0.3, -0.25) is 13.9 Å². The molecule has 8 heteroatoms. The van der Waals surface area contributed by atoms with Crippen LogP contribution in [0, 0.1) is 12.8 Å². The first-order chi connectivity index (χ1) is 20.6. The minimum absolute atomic E-state index is 0.0782. The summed E-state index contributed by atoms with van der Waals surface area (Å²) in [5.41, 5.74) is 2.96. The van der Waals surface area contributed by atoms with E-state index in [0.29, 0.717) is 12.2 Å². The maximum atomic E-state index is 14.4. The standard InChI is InChI=1S/C35H39N3O4S/c1-27(2)24-36-35(40)33(23-29-15-7-4-8-16-29)37(25-30-17-9-5-10-18-30)34(39)26-38(31-19-13-14-28(3)22-31)43(41,42)32-20-11-6-12-21-32/h4-22,27,33H,23-26H2,1-3H3,(H,36,40)/t33-/m0/s1. The van der Waals surface area contributed by atoms with Gasteiger partial charge in [0.1, 0.15) is 12.6 Å². The molecule has 0 unspecified atom stereocenters. The number of carbonyl (C=O) groups is 2. The smallest absolute Gasteiger partial charge is 0.264 e. The van der Waals surface area contributed by atoms with Gasteiger partial charge in [0.25, 0.3) is 10.0 Å². The van der Waals surface area contributed by atoms with Crippen LogP contribution in [0.4, 0.5) is 5.69 Å². The predicted molar refractivity (Wildman–Crippen MR) is 171 cm³/mol. The van der Waals surface area contributed by atoms with Crippen molar-refractivity contribution in [2.24, 2.45) is 5.92 Å². The molecule has 43 heavy (non-hydrogen) atoms. The Bertz CT molecular complexity index is 1590. The molecule has 0 aromatic heterocycles. The van der Waals surface area contributed by atoms with E-state index < -0.39 is 28.5 Å². The van der Waals surface area contributed by atoms with Gasteiger partial charge in [-0.05, 0) is 53.8 Å². The summed E-state index contributed by atoms with van der Waals surface area (Å²) in [5.74, 6) is -0.548. The van der Waals surface area contributed by atoms with E-state index in [9.17, 15) is 18.0 Å². The zero-order chi connectivity index (χ0) is 30.8. The predicted octanol–water partition coefficient (Wildman–Crippen LogP) is 5.60. The molecule has 0 aliphatic carbocycles. The lowest BCUT2D eigenvalue weighted by Crippen LogP contribution is -2.53. The summed E-state index contributed by atoms with van der Waals surface area (Å²) in [6.07, 6.45) is 0.277. The fourth-order valence-electron chi connectivity index (χ4n) is 4.79. The highest BCUT2D eigenvalue weighted by Gasteiger charge is 2.34. The van der Waals surface area contributed by atoms with E-state index in [0.717, 1.165) is 21.0 Å². The van der Waals surface area contributed by atoms with Crippen molar-refractivity contribution in [2.45, 2.75) is 44.7 Å². The summed E-state index contributed by atoms with van der Waals surface area (Å²) in [6.45, 7) is 6.00. The topological polar surface area (TPSA) is 86.8 Å². The van der Waals surface area contributed by atoms with Crippen LogP contribution >= 0.6 is 0 Å². The van der Waals surface area contributed by atoms with Gasteiger partial charge in [-0.15, -0.1) is 0 Å². The Morgan fingerprint density at radius 2 is 1.35 bits per heavy atom. The van der Waals surface area contributed by atoms with Gasteiger partial charge in [0, 0.05) is 19.5 Å². The molecule has 0 fully saturated rings. The average molecular weight is 598 g/mol. The highest BCUT2D eigenvalue weighted by atomic mass is 32.2. The molecule has 224 valence electrons. The Balaban J connectivity index is 1.78. The highest BCUT2D eigenvalue weighted by molar-refractivity contribution is 7.92. The van der Waals surface area contributed by atoms with Crippen molar-refractivity contribution < 1.29 is 18.0 Å². The molecular formula is C35H39N3O4S. The van der Waals surface area contributed by atoms with Crippen molar-refractivity contribution in [3.63, 3.8) is 0 Å². The fourth-order valence-corrected chi connectivity index (χ4v) is 6.22. The number of sulfonamides is 1. The summed E-state index contributed by atoms with van der Waals surface area (Å²) in [4.78, 5) is 29.8. The second-order valence-corrected chi connectivity index (χ2v) is 12.9. The zero-order valence-corrected chi connectivity index (χ0v) is 25.7. The molecule has 7 nitrogen and oxygen atoms in total. The van der Waals surface area contributed by atoms with Crippen LogP contribution in [0.5, 0.6) is 0 Å². The van der Waals surface area contributed by atoms with E-state index in [-0.39, 0.29) is 29.7 Å². The Morgan fingerprint density at radius 1 is 0.767 bits per heavy atom. The zero-order valence-electron chi connectivity index (χ0n) is 24.9. The largest absolute Gasteiger partial charge is 0.354 e. The van der Waals surface area contributed by atoms with Gasteiger partial charge >= 0.3 is 0 Å². The third-order valence-corrected chi connectivity index (χ3v) is 8.84. The van der Waals surface area contributed by atoms with Crippen molar-refractivity contribution in [1.82, 2.24) is 10.2 Å². The molecule has 1 N–H and O–H groups in total. The van der Waals surface area contributed by atoms with Gasteiger partial charge in [-0.2, -0.15) is 0 Å². The Labute approximate surface area is 255 Å².